The van der Waals surface area contributed by atoms with Crippen molar-refractivity contribution >= 4 is 33.8 Å². The minimum absolute atomic E-state index is 0.0967. The van der Waals surface area contributed by atoms with Gasteiger partial charge < -0.3 is 14.8 Å². The molecule has 8 heteroatoms. The Morgan fingerprint density at radius 2 is 2.04 bits per heavy atom. The molecule has 1 N–H and O–H groups in total. The smallest absolute Gasteiger partial charge is 0.226 e. The first-order valence-electron chi connectivity index (χ1n) is 7.64. The van der Waals surface area contributed by atoms with Crippen molar-refractivity contribution in [1.29, 1.82) is 0 Å². The van der Waals surface area contributed by atoms with E-state index in [0.717, 1.165) is 21.9 Å². The standard InChI is InChI=1S/C17H18ClN3O3S/c1-23-16(24-2)8-19-15(22)7-13-10-25-17-20-14(9-21(13)17)11-3-5-12(18)6-4-11/h3-6,9-10,16H,7-8H2,1-2H3,(H,19,22). The molecule has 0 bridgehead atoms. The molecule has 0 unspecified atom stereocenters. The number of aromatic nitrogens is 2. The first-order chi connectivity index (χ1) is 12.1. The molecular weight excluding hydrogens is 362 g/mol. The fourth-order valence-corrected chi connectivity index (χ4v) is 3.40. The Kier molecular flexibility index (Phi) is 5.70. The van der Waals surface area contributed by atoms with Crippen molar-refractivity contribution in [2.75, 3.05) is 20.8 Å². The second-order valence-corrected chi connectivity index (χ2v) is 6.67. The summed E-state index contributed by atoms with van der Waals surface area (Å²) in [5, 5.41) is 5.43. The van der Waals surface area contributed by atoms with Gasteiger partial charge in [0.2, 0.25) is 5.91 Å². The summed E-state index contributed by atoms with van der Waals surface area (Å²) in [6.45, 7) is 0.305. The number of imidazole rings is 1. The average molecular weight is 380 g/mol. The van der Waals surface area contributed by atoms with Gasteiger partial charge in [0.25, 0.3) is 0 Å². The summed E-state index contributed by atoms with van der Waals surface area (Å²) < 4.78 is 12.1. The van der Waals surface area contributed by atoms with Crippen LogP contribution in [0.3, 0.4) is 0 Å². The van der Waals surface area contributed by atoms with Gasteiger partial charge in [-0.1, -0.05) is 23.7 Å². The predicted octanol–water partition coefficient (Wildman–Crippen LogP) is 2.99. The maximum absolute atomic E-state index is 12.1. The number of benzene rings is 1. The number of carbonyl (C=O) groups is 1. The van der Waals surface area contributed by atoms with E-state index in [4.69, 9.17) is 21.1 Å². The van der Waals surface area contributed by atoms with Crippen molar-refractivity contribution in [3.63, 3.8) is 0 Å². The lowest BCUT2D eigenvalue weighted by Gasteiger charge is -2.13. The number of amides is 1. The minimum atomic E-state index is -0.448. The van der Waals surface area contributed by atoms with Crippen LogP contribution in [0.5, 0.6) is 0 Å². The lowest BCUT2D eigenvalue weighted by molar-refractivity contribution is -0.126. The van der Waals surface area contributed by atoms with Crippen LogP contribution in [0.2, 0.25) is 5.02 Å². The molecule has 0 saturated heterocycles. The lowest BCUT2D eigenvalue weighted by atomic mass is 10.2. The van der Waals surface area contributed by atoms with E-state index in [1.165, 1.54) is 25.6 Å². The third kappa shape index (κ3) is 4.19. The van der Waals surface area contributed by atoms with Crippen LogP contribution in [0, 0.1) is 0 Å². The summed E-state index contributed by atoms with van der Waals surface area (Å²) in [6.07, 6.45) is 1.75. The summed E-state index contributed by atoms with van der Waals surface area (Å²) in [5.41, 5.74) is 2.72. The number of ether oxygens (including phenoxy) is 2. The number of hydrogen-bond donors (Lipinski definition) is 1. The Morgan fingerprint density at radius 3 is 2.72 bits per heavy atom. The fourth-order valence-electron chi connectivity index (χ4n) is 2.40. The summed E-state index contributed by atoms with van der Waals surface area (Å²) in [5.74, 6) is -0.0967. The van der Waals surface area contributed by atoms with Crippen LogP contribution in [0.25, 0.3) is 16.2 Å². The normalized spacial score (nSPS) is 11.4. The highest BCUT2D eigenvalue weighted by Crippen LogP contribution is 2.25. The topological polar surface area (TPSA) is 64.9 Å². The summed E-state index contributed by atoms with van der Waals surface area (Å²) >= 11 is 7.43. The van der Waals surface area contributed by atoms with Gasteiger partial charge in [0.1, 0.15) is 0 Å². The maximum Gasteiger partial charge on any atom is 0.226 e. The number of nitrogens with one attached hydrogen (secondary N) is 1. The average Bonchev–Trinajstić information content (AvgIpc) is 3.18. The van der Waals surface area contributed by atoms with Gasteiger partial charge in [0.15, 0.2) is 11.3 Å². The molecule has 0 aliphatic carbocycles. The van der Waals surface area contributed by atoms with Gasteiger partial charge in [-0.3, -0.25) is 9.20 Å². The molecule has 3 aromatic rings. The van der Waals surface area contributed by atoms with Crippen LogP contribution in [0.15, 0.2) is 35.8 Å². The molecular formula is C17H18ClN3O3S. The summed E-state index contributed by atoms with van der Waals surface area (Å²) in [6, 6.07) is 7.52. The molecule has 6 nitrogen and oxygen atoms in total. The Balaban J connectivity index is 1.72. The van der Waals surface area contributed by atoms with Crippen LogP contribution >= 0.6 is 22.9 Å². The zero-order chi connectivity index (χ0) is 17.8. The van der Waals surface area contributed by atoms with E-state index in [1.54, 1.807) is 0 Å². The zero-order valence-corrected chi connectivity index (χ0v) is 15.4. The molecule has 132 valence electrons. The molecule has 0 fully saturated rings. The van der Waals surface area contributed by atoms with Crippen LogP contribution in [-0.4, -0.2) is 42.3 Å². The molecule has 0 atom stereocenters. The molecule has 2 aromatic heterocycles. The van der Waals surface area contributed by atoms with Gasteiger partial charge in [0, 0.05) is 42.1 Å². The molecule has 0 saturated carbocycles. The zero-order valence-electron chi connectivity index (χ0n) is 13.9. The lowest BCUT2D eigenvalue weighted by Crippen LogP contribution is -2.35. The molecule has 2 heterocycles. The van der Waals surface area contributed by atoms with E-state index in [0.29, 0.717) is 11.6 Å². The molecule has 25 heavy (non-hydrogen) atoms. The Bertz CT molecular complexity index is 856. The SMILES string of the molecule is COC(CNC(=O)Cc1csc2nc(-c3ccc(Cl)cc3)cn12)OC. The number of carbonyl (C=O) groups excluding carboxylic acids is 1. The first kappa shape index (κ1) is 17.9. The van der Waals surface area contributed by atoms with Crippen molar-refractivity contribution in [3.05, 3.63) is 46.6 Å². The second-order valence-electron chi connectivity index (χ2n) is 5.39. The number of thiazole rings is 1. The Labute approximate surface area is 154 Å². The van der Waals surface area contributed by atoms with Crippen molar-refractivity contribution in [2.45, 2.75) is 12.7 Å². The summed E-state index contributed by atoms with van der Waals surface area (Å²) in [7, 11) is 3.07. The van der Waals surface area contributed by atoms with Gasteiger partial charge in [-0.05, 0) is 12.1 Å². The van der Waals surface area contributed by atoms with Gasteiger partial charge in [0.05, 0.1) is 18.7 Å². The van der Waals surface area contributed by atoms with Crippen molar-refractivity contribution in [2.24, 2.45) is 0 Å². The van der Waals surface area contributed by atoms with Crippen LogP contribution < -0.4 is 5.32 Å². The van der Waals surface area contributed by atoms with E-state index in [9.17, 15) is 4.79 Å². The van der Waals surface area contributed by atoms with E-state index < -0.39 is 6.29 Å². The number of fused-ring (bicyclic) bond motifs is 1. The Morgan fingerprint density at radius 1 is 1.32 bits per heavy atom. The molecule has 0 spiro atoms. The number of rotatable bonds is 7. The quantitative estimate of drug-likeness (QED) is 0.641. The monoisotopic (exact) mass is 379 g/mol. The van der Waals surface area contributed by atoms with Crippen LogP contribution in [0.4, 0.5) is 0 Å². The van der Waals surface area contributed by atoms with Crippen LogP contribution in [-0.2, 0) is 20.7 Å². The molecule has 0 aliphatic heterocycles. The Hall–Kier alpha value is -1.93. The number of nitrogens with zero attached hydrogens (tertiary/aromatic N) is 2. The molecule has 1 amide bonds. The van der Waals surface area contributed by atoms with Gasteiger partial charge in [-0.15, -0.1) is 11.3 Å². The van der Waals surface area contributed by atoms with E-state index in [2.05, 4.69) is 10.3 Å². The van der Waals surface area contributed by atoms with Crippen LogP contribution in [0.1, 0.15) is 5.69 Å². The van der Waals surface area contributed by atoms with E-state index >= 15 is 0 Å². The van der Waals surface area contributed by atoms with E-state index in [1.807, 2.05) is 40.2 Å². The van der Waals surface area contributed by atoms with Gasteiger partial charge in [-0.25, -0.2) is 4.98 Å². The molecule has 1 aromatic carbocycles. The molecule has 0 aliphatic rings. The number of halogens is 1. The van der Waals surface area contributed by atoms with Gasteiger partial charge in [-0.2, -0.15) is 0 Å². The largest absolute Gasteiger partial charge is 0.354 e. The highest BCUT2D eigenvalue weighted by molar-refractivity contribution is 7.15. The number of hydrogen-bond acceptors (Lipinski definition) is 5. The van der Waals surface area contributed by atoms with Gasteiger partial charge >= 0.3 is 0 Å². The van der Waals surface area contributed by atoms with Crippen molar-refractivity contribution in [1.82, 2.24) is 14.7 Å². The third-order valence-corrected chi connectivity index (χ3v) is 4.90. The third-order valence-electron chi connectivity index (χ3n) is 3.76. The molecule has 3 rings (SSSR count). The fraction of sp³-hybridized carbons (Fsp3) is 0.294. The highest BCUT2D eigenvalue weighted by Gasteiger charge is 2.14. The highest BCUT2D eigenvalue weighted by atomic mass is 35.5. The summed E-state index contributed by atoms with van der Waals surface area (Å²) in [4.78, 5) is 17.6. The first-order valence-corrected chi connectivity index (χ1v) is 8.90. The number of methoxy groups -OCH3 is 2. The van der Waals surface area contributed by atoms with Crippen molar-refractivity contribution in [3.8, 4) is 11.3 Å². The molecule has 0 radical (unpaired) electrons. The minimum Gasteiger partial charge on any atom is -0.354 e. The van der Waals surface area contributed by atoms with E-state index in [-0.39, 0.29) is 12.3 Å². The predicted molar refractivity (Wildman–Crippen MR) is 98.0 cm³/mol. The maximum atomic E-state index is 12.1. The van der Waals surface area contributed by atoms with Crippen molar-refractivity contribution < 1.29 is 14.3 Å². The second kappa shape index (κ2) is 7.97.